The third-order valence-corrected chi connectivity index (χ3v) is 2.34. The highest BCUT2D eigenvalue weighted by atomic mass is 16.5. The van der Waals surface area contributed by atoms with Crippen molar-refractivity contribution >= 4 is 18.0 Å². The van der Waals surface area contributed by atoms with E-state index < -0.39 is 23.9 Å². The number of carboxylic acid groups (broad SMARTS) is 1. The van der Waals surface area contributed by atoms with Gasteiger partial charge in [0.2, 0.25) is 0 Å². The van der Waals surface area contributed by atoms with Crippen molar-refractivity contribution < 1.29 is 24.2 Å². The lowest BCUT2D eigenvalue weighted by Crippen LogP contribution is -2.40. The van der Waals surface area contributed by atoms with Crippen LogP contribution in [0.25, 0.3) is 0 Å². The quantitative estimate of drug-likeness (QED) is 0.546. The third kappa shape index (κ3) is 7.48. The van der Waals surface area contributed by atoms with Crippen LogP contribution in [0.2, 0.25) is 0 Å². The number of hydrogen-bond acceptors (Lipinski definition) is 4. The summed E-state index contributed by atoms with van der Waals surface area (Å²) in [4.78, 5) is 32.9. The Morgan fingerprint density at radius 2 is 1.94 bits per heavy atom. The molecule has 2 amide bonds. The van der Waals surface area contributed by atoms with Crippen molar-refractivity contribution in [3.05, 3.63) is 0 Å². The molecule has 1 atom stereocenters. The van der Waals surface area contributed by atoms with E-state index in [9.17, 15) is 14.4 Å². The molecule has 0 aromatic rings. The van der Waals surface area contributed by atoms with E-state index in [-0.39, 0.29) is 19.5 Å². The van der Waals surface area contributed by atoms with E-state index >= 15 is 0 Å². The Bertz CT molecular complexity index is 293. The summed E-state index contributed by atoms with van der Waals surface area (Å²) in [6.45, 7) is 2.11. The van der Waals surface area contributed by atoms with Crippen molar-refractivity contribution in [2.24, 2.45) is 5.92 Å². The van der Waals surface area contributed by atoms with Crippen LogP contribution in [0.5, 0.6) is 0 Å². The standard InChI is InChI=1S/C11H20N2O5/c1-3-4-8(10(15)16)7-13-11(17)12-6-5-9(14)18-2/h8H,3-7H2,1-2H3,(H,15,16)(H2,12,13,17). The van der Waals surface area contributed by atoms with Crippen LogP contribution in [-0.4, -0.2) is 43.3 Å². The SMILES string of the molecule is CCCC(CNC(=O)NCCC(=O)OC)C(=O)O. The Balaban J connectivity index is 3.80. The maximum Gasteiger partial charge on any atom is 0.314 e. The molecule has 0 rings (SSSR count). The summed E-state index contributed by atoms with van der Waals surface area (Å²) in [6.07, 6.45) is 1.33. The zero-order valence-electron chi connectivity index (χ0n) is 10.7. The third-order valence-electron chi connectivity index (χ3n) is 2.34. The first-order valence-corrected chi connectivity index (χ1v) is 5.82. The number of rotatable bonds is 8. The molecule has 104 valence electrons. The predicted molar refractivity (Wildman–Crippen MR) is 64.1 cm³/mol. The van der Waals surface area contributed by atoms with Gasteiger partial charge in [-0.15, -0.1) is 0 Å². The first-order valence-electron chi connectivity index (χ1n) is 5.82. The topological polar surface area (TPSA) is 105 Å². The van der Waals surface area contributed by atoms with Crippen molar-refractivity contribution in [1.82, 2.24) is 10.6 Å². The Labute approximate surface area is 106 Å². The number of amides is 2. The van der Waals surface area contributed by atoms with Gasteiger partial charge in [-0.3, -0.25) is 9.59 Å². The number of nitrogens with one attached hydrogen (secondary N) is 2. The van der Waals surface area contributed by atoms with E-state index in [4.69, 9.17) is 5.11 Å². The van der Waals surface area contributed by atoms with Crippen molar-refractivity contribution in [1.29, 1.82) is 0 Å². The average Bonchev–Trinajstić information content (AvgIpc) is 2.33. The number of methoxy groups -OCH3 is 1. The van der Waals surface area contributed by atoms with Gasteiger partial charge in [-0.25, -0.2) is 4.79 Å². The molecule has 3 N–H and O–H groups in total. The van der Waals surface area contributed by atoms with E-state index in [1.165, 1.54) is 7.11 Å². The van der Waals surface area contributed by atoms with E-state index in [0.29, 0.717) is 6.42 Å². The van der Waals surface area contributed by atoms with Gasteiger partial charge in [0.25, 0.3) is 0 Å². The second-order valence-corrected chi connectivity index (χ2v) is 3.79. The minimum absolute atomic E-state index is 0.0766. The maximum atomic E-state index is 11.3. The fraction of sp³-hybridized carbons (Fsp3) is 0.727. The average molecular weight is 260 g/mol. The van der Waals surface area contributed by atoms with Crippen LogP contribution in [0.1, 0.15) is 26.2 Å². The normalized spacial score (nSPS) is 11.4. The van der Waals surface area contributed by atoms with Gasteiger partial charge in [0.1, 0.15) is 0 Å². The lowest BCUT2D eigenvalue weighted by Gasteiger charge is -2.12. The number of ether oxygens (including phenoxy) is 1. The minimum Gasteiger partial charge on any atom is -0.481 e. The molecule has 0 aliphatic carbocycles. The zero-order valence-corrected chi connectivity index (χ0v) is 10.7. The number of carboxylic acids is 1. The summed E-state index contributed by atoms with van der Waals surface area (Å²) >= 11 is 0. The summed E-state index contributed by atoms with van der Waals surface area (Å²) in [6, 6.07) is -0.485. The van der Waals surface area contributed by atoms with Crippen molar-refractivity contribution in [3.63, 3.8) is 0 Å². The molecule has 0 saturated heterocycles. The molecule has 0 heterocycles. The molecule has 0 fully saturated rings. The van der Waals surface area contributed by atoms with E-state index in [2.05, 4.69) is 15.4 Å². The van der Waals surface area contributed by atoms with Gasteiger partial charge in [-0.2, -0.15) is 0 Å². The molecule has 0 aromatic heterocycles. The van der Waals surface area contributed by atoms with Gasteiger partial charge in [0.15, 0.2) is 0 Å². The fourth-order valence-electron chi connectivity index (χ4n) is 1.32. The van der Waals surface area contributed by atoms with Crippen LogP contribution in [0.4, 0.5) is 4.79 Å². The Morgan fingerprint density at radius 1 is 1.28 bits per heavy atom. The Kier molecular flexibility index (Phi) is 8.34. The summed E-state index contributed by atoms with van der Waals surface area (Å²) in [5, 5.41) is 13.8. The highest BCUT2D eigenvalue weighted by molar-refractivity contribution is 5.76. The van der Waals surface area contributed by atoms with Crippen molar-refractivity contribution in [2.45, 2.75) is 26.2 Å². The molecule has 18 heavy (non-hydrogen) atoms. The first-order chi connectivity index (χ1) is 8.51. The van der Waals surface area contributed by atoms with E-state index in [1.54, 1.807) is 0 Å². The summed E-state index contributed by atoms with van der Waals surface area (Å²) in [7, 11) is 1.27. The molecule has 0 aromatic carbocycles. The molecule has 0 radical (unpaired) electrons. The highest BCUT2D eigenvalue weighted by Gasteiger charge is 2.16. The van der Waals surface area contributed by atoms with Crippen LogP contribution in [0.15, 0.2) is 0 Å². The second kappa shape index (κ2) is 9.26. The molecular formula is C11H20N2O5. The van der Waals surface area contributed by atoms with Gasteiger partial charge in [0, 0.05) is 13.1 Å². The molecule has 0 bridgehead atoms. The lowest BCUT2D eigenvalue weighted by atomic mass is 10.0. The fourth-order valence-corrected chi connectivity index (χ4v) is 1.32. The number of aliphatic carboxylic acids is 1. The highest BCUT2D eigenvalue weighted by Crippen LogP contribution is 2.04. The summed E-state index contributed by atoms with van der Waals surface area (Å²) in [5.41, 5.74) is 0. The number of urea groups is 1. The van der Waals surface area contributed by atoms with Gasteiger partial charge in [-0.05, 0) is 6.42 Å². The molecule has 0 spiro atoms. The Hall–Kier alpha value is -1.79. The number of hydrogen-bond donors (Lipinski definition) is 3. The van der Waals surface area contributed by atoms with Gasteiger partial charge in [0.05, 0.1) is 19.4 Å². The second-order valence-electron chi connectivity index (χ2n) is 3.79. The van der Waals surface area contributed by atoms with Crippen LogP contribution in [-0.2, 0) is 14.3 Å². The van der Waals surface area contributed by atoms with E-state index in [1.807, 2.05) is 6.92 Å². The van der Waals surface area contributed by atoms with Gasteiger partial charge < -0.3 is 20.5 Å². The van der Waals surface area contributed by atoms with Gasteiger partial charge in [-0.1, -0.05) is 13.3 Å². The zero-order chi connectivity index (χ0) is 14.0. The minimum atomic E-state index is -0.924. The number of carbonyl (C=O) groups is 3. The molecule has 1 unspecified atom stereocenters. The predicted octanol–water partition coefficient (Wildman–Crippen LogP) is 0.350. The molecule has 7 heteroatoms. The van der Waals surface area contributed by atoms with Crippen molar-refractivity contribution in [3.8, 4) is 0 Å². The van der Waals surface area contributed by atoms with Crippen LogP contribution in [0.3, 0.4) is 0 Å². The van der Waals surface area contributed by atoms with Gasteiger partial charge >= 0.3 is 18.0 Å². The van der Waals surface area contributed by atoms with Crippen LogP contribution in [0, 0.1) is 5.92 Å². The summed E-state index contributed by atoms with van der Waals surface area (Å²) < 4.78 is 4.41. The number of esters is 1. The largest absolute Gasteiger partial charge is 0.481 e. The maximum absolute atomic E-state index is 11.3. The summed E-state index contributed by atoms with van der Waals surface area (Å²) in [5.74, 6) is -1.92. The van der Waals surface area contributed by atoms with Crippen LogP contribution < -0.4 is 10.6 Å². The van der Waals surface area contributed by atoms with Crippen molar-refractivity contribution in [2.75, 3.05) is 20.2 Å². The lowest BCUT2D eigenvalue weighted by molar-refractivity contribution is -0.142. The molecule has 0 saturated carbocycles. The Morgan fingerprint density at radius 3 is 2.44 bits per heavy atom. The van der Waals surface area contributed by atoms with E-state index in [0.717, 1.165) is 6.42 Å². The molecule has 0 aliphatic heterocycles. The molecule has 7 nitrogen and oxygen atoms in total. The first kappa shape index (κ1) is 16.2. The monoisotopic (exact) mass is 260 g/mol. The molecular weight excluding hydrogens is 240 g/mol. The molecule has 0 aliphatic rings. The van der Waals surface area contributed by atoms with Crippen LogP contribution >= 0.6 is 0 Å². The number of carbonyl (C=O) groups excluding carboxylic acids is 2. The smallest absolute Gasteiger partial charge is 0.314 e.